The van der Waals surface area contributed by atoms with Crippen molar-refractivity contribution < 1.29 is 10.2 Å². The van der Waals surface area contributed by atoms with Crippen molar-refractivity contribution in [2.75, 3.05) is 25.1 Å². The molecule has 5 N–H and O–H groups in total. The summed E-state index contributed by atoms with van der Waals surface area (Å²) in [7, 11) is 0. The summed E-state index contributed by atoms with van der Waals surface area (Å²) in [5, 5.41) is 23.3. The summed E-state index contributed by atoms with van der Waals surface area (Å²) < 4.78 is 0. The van der Waals surface area contributed by atoms with E-state index in [2.05, 4.69) is 10.3 Å². The van der Waals surface area contributed by atoms with E-state index in [9.17, 15) is 10.2 Å². The van der Waals surface area contributed by atoms with Crippen LogP contribution < -0.4 is 11.1 Å². The summed E-state index contributed by atoms with van der Waals surface area (Å²) in [5.41, 5.74) is 7.19. The van der Waals surface area contributed by atoms with Crippen LogP contribution >= 0.6 is 0 Å². The second kappa shape index (κ2) is 7.36. The molecule has 2 rings (SSSR count). The predicted molar refractivity (Wildman–Crippen MR) is 85.2 cm³/mol. The normalized spacial score (nSPS) is 11.8. The van der Waals surface area contributed by atoms with Crippen molar-refractivity contribution >= 4 is 16.6 Å². The largest absolute Gasteiger partial charge is 0.396 e. The average molecular weight is 289 g/mol. The van der Waals surface area contributed by atoms with E-state index in [1.807, 2.05) is 30.3 Å². The third-order valence-corrected chi connectivity index (χ3v) is 3.85. The predicted octanol–water partition coefficient (Wildman–Crippen LogP) is 1.50. The first kappa shape index (κ1) is 15.7. The molecule has 114 valence electrons. The number of nitrogens with one attached hydrogen (secondary N) is 1. The lowest BCUT2D eigenvalue weighted by Gasteiger charge is -2.35. The van der Waals surface area contributed by atoms with Gasteiger partial charge in [0.05, 0.1) is 5.52 Å². The third kappa shape index (κ3) is 3.69. The molecule has 0 aliphatic heterocycles. The van der Waals surface area contributed by atoms with Crippen molar-refractivity contribution in [3.63, 3.8) is 0 Å². The summed E-state index contributed by atoms with van der Waals surface area (Å²) in [6.07, 6.45) is 3.53. The van der Waals surface area contributed by atoms with Crippen molar-refractivity contribution in [3.05, 3.63) is 36.5 Å². The van der Waals surface area contributed by atoms with Gasteiger partial charge in [0.15, 0.2) is 0 Å². The SMILES string of the molecule is NCCC(CCO)(CCO)Nc1ccnc2ccccc12. The minimum Gasteiger partial charge on any atom is -0.396 e. The van der Waals surface area contributed by atoms with Crippen LogP contribution in [0.1, 0.15) is 19.3 Å². The second-order valence-electron chi connectivity index (χ2n) is 5.27. The number of nitrogens with zero attached hydrogens (tertiary/aromatic N) is 1. The van der Waals surface area contributed by atoms with Crippen LogP contribution in [0.3, 0.4) is 0 Å². The number of nitrogens with two attached hydrogens (primary N) is 1. The highest BCUT2D eigenvalue weighted by atomic mass is 16.3. The summed E-state index contributed by atoms with van der Waals surface area (Å²) in [4.78, 5) is 4.35. The Labute approximate surface area is 124 Å². The van der Waals surface area contributed by atoms with Crippen molar-refractivity contribution in [1.29, 1.82) is 0 Å². The number of hydrogen-bond donors (Lipinski definition) is 4. The van der Waals surface area contributed by atoms with E-state index in [4.69, 9.17) is 5.73 Å². The third-order valence-electron chi connectivity index (χ3n) is 3.85. The molecule has 5 nitrogen and oxygen atoms in total. The maximum atomic E-state index is 9.37. The Hall–Kier alpha value is -1.69. The standard InChI is InChI=1S/C16H23N3O2/c17-9-6-16(7-11-20,8-12-21)19-15-5-10-18-14-4-2-1-3-13(14)15/h1-5,10,20-21H,6-9,11-12,17H2,(H,18,19). The van der Waals surface area contributed by atoms with Crippen LogP contribution in [0, 0.1) is 0 Å². The van der Waals surface area contributed by atoms with Gasteiger partial charge in [0.1, 0.15) is 0 Å². The maximum Gasteiger partial charge on any atom is 0.0722 e. The molecule has 0 atom stereocenters. The van der Waals surface area contributed by atoms with Gasteiger partial charge in [0.2, 0.25) is 0 Å². The van der Waals surface area contributed by atoms with Gasteiger partial charge in [-0.05, 0) is 37.9 Å². The molecule has 0 radical (unpaired) electrons. The highest BCUT2D eigenvalue weighted by Crippen LogP contribution is 2.29. The zero-order chi connectivity index (χ0) is 15.1. The van der Waals surface area contributed by atoms with Gasteiger partial charge in [-0.3, -0.25) is 4.98 Å². The fraction of sp³-hybridized carbons (Fsp3) is 0.438. The molecule has 1 aromatic heterocycles. The fourth-order valence-corrected chi connectivity index (χ4v) is 2.76. The Balaban J connectivity index is 2.37. The van der Waals surface area contributed by atoms with E-state index in [0.29, 0.717) is 25.8 Å². The molecule has 0 spiro atoms. The number of aliphatic hydroxyl groups excluding tert-OH is 2. The smallest absolute Gasteiger partial charge is 0.0722 e. The summed E-state index contributed by atoms with van der Waals surface area (Å²) in [6, 6.07) is 9.81. The van der Waals surface area contributed by atoms with Gasteiger partial charge < -0.3 is 21.3 Å². The van der Waals surface area contributed by atoms with Gasteiger partial charge in [-0.15, -0.1) is 0 Å². The maximum absolute atomic E-state index is 9.37. The molecule has 0 aliphatic rings. The molecular weight excluding hydrogens is 266 g/mol. The Morgan fingerprint density at radius 2 is 1.76 bits per heavy atom. The second-order valence-corrected chi connectivity index (χ2v) is 5.27. The van der Waals surface area contributed by atoms with E-state index < -0.39 is 5.54 Å². The number of pyridine rings is 1. The lowest BCUT2D eigenvalue weighted by Crippen LogP contribution is -2.42. The Bertz CT molecular complexity index is 552. The molecule has 0 amide bonds. The van der Waals surface area contributed by atoms with Gasteiger partial charge in [0, 0.05) is 36.0 Å². The number of benzene rings is 1. The summed E-state index contributed by atoms with van der Waals surface area (Å²) in [6.45, 7) is 0.599. The molecule has 0 saturated carbocycles. The highest BCUT2D eigenvalue weighted by Gasteiger charge is 2.28. The number of para-hydroxylation sites is 1. The van der Waals surface area contributed by atoms with Gasteiger partial charge in [-0.25, -0.2) is 0 Å². The van der Waals surface area contributed by atoms with Crippen molar-refractivity contribution in [2.24, 2.45) is 5.73 Å². The molecule has 1 aromatic carbocycles. The molecule has 0 aliphatic carbocycles. The first-order valence-electron chi connectivity index (χ1n) is 7.28. The Morgan fingerprint density at radius 3 is 2.43 bits per heavy atom. The number of aromatic nitrogens is 1. The van der Waals surface area contributed by atoms with Gasteiger partial charge in [-0.2, -0.15) is 0 Å². The van der Waals surface area contributed by atoms with Gasteiger partial charge in [-0.1, -0.05) is 18.2 Å². The van der Waals surface area contributed by atoms with Crippen LogP contribution in [-0.2, 0) is 0 Å². The van der Waals surface area contributed by atoms with E-state index in [1.165, 1.54) is 0 Å². The highest BCUT2D eigenvalue weighted by molar-refractivity contribution is 5.91. The Kier molecular flexibility index (Phi) is 5.50. The summed E-state index contributed by atoms with van der Waals surface area (Å²) in [5.74, 6) is 0. The van der Waals surface area contributed by atoms with Crippen molar-refractivity contribution in [3.8, 4) is 0 Å². The molecule has 0 unspecified atom stereocenters. The average Bonchev–Trinajstić information content (AvgIpc) is 2.48. The van der Waals surface area contributed by atoms with Crippen LogP contribution in [-0.4, -0.2) is 40.5 Å². The van der Waals surface area contributed by atoms with Gasteiger partial charge in [0.25, 0.3) is 0 Å². The lowest BCUT2D eigenvalue weighted by atomic mass is 9.87. The zero-order valence-corrected chi connectivity index (χ0v) is 12.1. The molecular formula is C16H23N3O2. The molecule has 0 saturated heterocycles. The van der Waals surface area contributed by atoms with E-state index in [-0.39, 0.29) is 13.2 Å². The van der Waals surface area contributed by atoms with Crippen molar-refractivity contribution in [2.45, 2.75) is 24.8 Å². The topological polar surface area (TPSA) is 91.4 Å². The van der Waals surface area contributed by atoms with E-state index in [0.717, 1.165) is 16.6 Å². The number of aliphatic hydroxyl groups is 2. The van der Waals surface area contributed by atoms with Gasteiger partial charge >= 0.3 is 0 Å². The molecule has 0 fully saturated rings. The van der Waals surface area contributed by atoms with Crippen molar-refractivity contribution in [1.82, 2.24) is 4.98 Å². The number of hydrogen-bond acceptors (Lipinski definition) is 5. The molecule has 0 bridgehead atoms. The number of anilines is 1. The first-order chi connectivity index (χ1) is 10.2. The van der Waals surface area contributed by atoms with Crippen LogP contribution in [0.2, 0.25) is 0 Å². The molecule has 5 heteroatoms. The Morgan fingerprint density at radius 1 is 1.05 bits per heavy atom. The van der Waals surface area contributed by atoms with E-state index >= 15 is 0 Å². The molecule has 1 heterocycles. The fourth-order valence-electron chi connectivity index (χ4n) is 2.76. The molecule has 2 aromatic rings. The summed E-state index contributed by atoms with van der Waals surface area (Å²) >= 11 is 0. The molecule has 21 heavy (non-hydrogen) atoms. The lowest BCUT2D eigenvalue weighted by molar-refractivity contribution is 0.199. The minimum atomic E-state index is -0.400. The first-order valence-corrected chi connectivity index (χ1v) is 7.28. The van der Waals surface area contributed by atoms with Crippen LogP contribution in [0.5, 0.6) is 0 Å². The quantitative estimate of drug-likeness (QED) is 0.591. The van der Waals surface area contributed by atoms with Crippen LogP contribution in [0.25, 0.3) is 10.9 Å². The zero-order valence-electron chi connectivity index (χ0n) is 12.1. The van der Waals surface area contributed by atoms with Crippen LogP contribution in [0.4, 0.5) is 5.69 Å². The minimum absolute atomic E-state index is 0.0516. The number of fused-ring (bicyclic) bond motifs is 1. The monoisotopic (exact) mass is 289 g/mol. The van der Waals surface area contributed by atoms with Crippen LogP contribution in [0.15, 0.2) is 36.5 Å². The van der Waals surface area contributed by atoms with E-state index in [1.54, 1.807) is 6.20 Å². The number of rotatable bonds is 8.